The maximum Gasteiger partial charge on any atom is 0.408 e. The lowest BCUT2D eigenvalue weighted by molar-refractivity contribution is -0.143. The molecule has 0 aliphatic heterocycles. The van der Waals surface area contributed by atoms with Crippen molar-refractivity contribution in [2.45, 2.75) is 38.8 Å². The second-order valence-corrected chi connectivity index (χ2v) is 4.37. The van der Waals surface area contributed by atoms with Crippen molar-refractivity contribution in [2.75, 3.05) is 7.11 Å². The first-order valence-corrected chi connectivity index (χ1v) is 5.21. The van der Waals surface area contributed by atoms with Crippen molar-refractivity contribution in [2.24, 2.45) is 0 Å². The van der Waals surface area contributed by atoms with Crippen LogP contribution in [0.25, 0.3) is 0 Å². The fraction of sp³-hybridized carbons (Fsp3) is 0.583. The van der Waals surface area contributed by atoms with Gasteiger partial charge in [-0.2, -0.15) is 0 Å². The number of methoxy groups -OCH3 is 1. The summed E-state index contributed by atoms with van der Waals surface area (Å²) in [5, 5.41) is 2.42. The highest BCUT2D eigenvalue weighted by Gasteiger charge is 2.23. The standard InChI is InChI=1S/C12H19NO4/c1-6-7-8-9(10(14)16-5)13-11(15)17-12(2,3)4/h7,9H,1,8H2,2-5H3,(H,13,15). The van der Waals surface area contributed by atoms with E-state index in [-0.39, 0.29) is 6.42 Å². The smallest absolute Gasteiger partial charge is 0.408 e. The molecule has 0 aliphatic carbocycles. The summed E-state index contributed by atoms with van der Waals surface area (Å²) in [5.74, 6) is -0.539. The molecule has 96 valence electrons. The van der Waals surface area contributed by atoms with E-state index in [1.807, 2.05) is 0 Å². The van der Waals surface area contributed by atoms with Crippen LogP contribution in [0, 0.1) is 0 Å². The Labute approximate surface area is 101 Å². The van der Waals surface area contributed by atoms with Gasteiger partial charge in [-0.3, -0.25) is 0 Å². The molecule has 0 radical (unpaired) electrons. The zero-order valence-electron chi connectivity index (χ0n) is 10.7. The Balaban J connectivity index is 4.47. The maximum absolute atomic E-state index is 11.5. The van der Waals surface area contributed by atoms with E-state index in [2.05, 4.69) is 22.4 Å². The van der Waals surface area contributed by atoms with Crippen LogP contribution in [0.3, 0.4) is 0 Å². The van der Waals surface area contributed by atoms with Gasteiger partial charge in [-0.1, -0.05) is 6.58 Å². The first-order valence-electron chi connectivity index (χ1n) is 5.21. The molecular formula is C12H19NO4. The Morgan fingerprint density at radius 2 is 2.06 bits per heavy atom. The van der Waals surface area contributed by atoms with Crippen molar-refractivity contribution in [3.63, 3.8) is 0 Å². The van der Waals surface area contributed by atoms with E-state index < -0.39 is 23.7 Å². The molecule has 5 heteroatoms. The third-order valence-electron chi connectivity index (χ3n) is 1.67. The quantitative estimate of drug-likeness (QED) is 0.602. The number of ether oxygens (including phenoxy) is 2. The second kappa shape index (κ2) is 6.76. The summed E-state index contributed by atoms with van der Waals surface area (Å²) in [6.07, 6.45) is 1.14. The molecule has 1 atom stereocenters. The second-order valence-electron chi connectivity index (χ2n) is 4.37. The summed E-state index contributed by atoms with van der Waals surface area (Å²) in [5.41, 5.74) is 1.91. The molecule has 0 rings (SSSR count). The minimum Gasteiger partial charge on any atom is -0.467 e. The van der Waals surface area contributed by atoms with Gasteiger partial charge in [0.1, 0.15) is 11.6 Å². The molecule has 0 aromatic heterocycles. The molecule has 0 aromatic rings. The third kappa shape index (κ3) is 7.19. The first kappa shape index (κ1) is 15.3. The molecule has 1 unspecified atom stereocenters. The number of nitrogens with one attached hydrogen (secondary N) is 1. The van der Waals surface area contributed by atoms with E-state index in [1.54, 1.807) is 26.8 Å². The molecule has 1 N–H and O–H groups in total. The van der Waals surface area contributed by atoms with Crippen LogP contribution in [-0.2, 0) is 14.3 Å². The maximum atomic E-state index is 11.5. The highest BCUT2D eigenvalue weighted by atomic mass is 16.6. The molecule has 0 aromatic carbocycles. The summed E-state index contributed by atoms with van der Waals surface area (Å²) in [7, 11) is 1.25. The highest BCUT2D eigenvalue weighted by molar-refractivity contribution is 5.81. The number of carbonyl (C=O) groups is 2. The van der Waals surface area contributed by atoms with E-state index in [0.29, 0.717) is 0 Å². The molecule has 17 heavy (non-hydrogen) atoms. The lowest BCUT2D eigenvalue weighted by Crippen LogP contribution is -2.43. The van der Waals surface area contributed by atoms with Gasteiger partial charge in [-0.05, 0) is 26.8 Å². The zero-order valence-corrected chi connectivity index (χ0v) is 10.7. The predicted molar refractivity (Wildman–Crippen MR) is 63.5 cm³/mol. The first-order chi connectivity index (χ1) is 7.80. The lowest BCUT2D eigenvalue weighted by atomic mass is 10.2. The Bertz CT molecular complexity index is 324. The highest BCUT2D eigenvalue weighted by Crippen LogP contribution is 2.07. The summed E-state index contributed by atoms with van der Waals surface area (Å²) in [6.45, 7) is 8.60. The molecule has 0 aliphatic rings. The summed E-state index contributed by atoms with van der Waals surface area (Å²) in [4.78, 5) is 22.8. The SMILES string of the molecule is C=C=CCC(NC(=O)OC(C)(C)C)C(=O)OC. The summed E-state index contributed by atoms with van der Waals surface area (Å²) >= 11 is 0. The largest absolute Gasteiger partial charge is 0.467 e. The van der Waals surface area contributed by atoms with E-state index in [9.17, 15) is 9.59 Å². The number of hydrogen-bond acceptors (Lipinski definition) is 4. The summed E-state index contributed by atoms with van der Waals surface area (Å²) in [6, 6.07) is -0.788. The van der Waals surface area contributed by atoms with Crippen molar-refractivity contribution in [3.05, 3.63) is 18.4 Å². The number of alkyl carbamates (subject to hydrolysis) is 1. The normalized spacial score (nSPS) is 12.0. The minimum atomic E-state index is -0.788. The fourth-order valence-corrected chi connectivity index (χ4v) is 1.01. The van der Waals surface area contributed by atoms with Crippen molar-refractivity contribution in [1.82, 2.24) is 5.32 Å². The monoisotopic (exact) mass is 241 g/mol. The third-order valence-corrected chi connectivity index (χ3v) is 1.67. The number of esters is 1. The molecule has 5 nitrogen and oxygen atoms in total. The van der Waals surface area contributed by atoms with Crippen LogP contribution < -0.4 is 5.32 Å². The Hall–Kier alpha value is -1.74. The van der Waals surface area contributed by atoms with Crippen LogP contribution in [0.15, 0.2) is 18.4 Å². The van der Waals surface area contributed by atoms with Crippen LogP contribution in [-0.4, -0.2) is 30.8 Å². The van der Waals surface area contributed by atoms with Crippen LogP contribution in [0.2, 0.25) is 0 Å². The van der Waals surface area contributed by atoms with Gasteiger partial charge >= 0.3 is 12.1 Å². The predicted octanol–water partition coefficient (Wildman–Crippen LogP) is 1.78. The molecule has 0 bridgehead atoms. The van der Waals surface area contributed by atoms with E-state index >= 15 is 0 Å². The summed E-state index contributed by atoms with van der Waals surface area (Å²) < 4.78 is 9.60. The molecule has 0 saturated heterocycles. The van der Waals surface area contributed by atoms with Crippen molar-refractivity contribution >= 4 is 12.1 Å². The molecule has 0 fully saturated rings. The topological polar surface area (TPSA) is 64.6 Å². The molecule has 0 spiro atoms. The van der Waals surface area contributed by atoms with Gasteiger partial charge in [0, 0.05) is 6.42 Å². The number of rotatable bonds is 4. The molecule has 0 saturated carbocycles. The lowest BCUT2D eigenvalue weighted by Gasteiger charge is -2.22. The average Bonchev–Trinajstić information content (AvgIpc) is 2.20. The van der Waals surface area contributed by atoms with Crippen LogP contribution in [0.4, 0.5) is 4.79 Å². The molecule has 1 amide bonds. The van der Waals surface area contributed by atoms with Crippen molar-refractivity contribution < 1.29 is 19.1 Å². The van der Waals surface area contributed by atoms with E-state index in [4.69, 9.17) is 4.74 Å². The van der Waals surface area contributed by atoms with Gasteiger partial charge in [-0.25, -0.2) is 9.59 Å². The van der Waals surface area contributed by atoms with Gasteiger partial charge in [0.15, 0.2) is 0 Å². The molecule has 0 heterocycles. The van der Waals surface area contributed by atoms with Gasteiger partial charge in [0.2, 0.25) is 0 Å². The van der Waals surface area contributed by atoms with Crippen LogP contribution in [0.1, 0.15) is 27.2 Å². The van der Waals surface area contributed by atoms with Gasteiger partial charge in [-0.15, -0.1) is 5.73 Å². The Morgan fingerprint density at radius 3 is 2.47 bits per heavy atom. The van der Waals surface area contributed by atoms with E-state index in [1.165, 1.54) is 7.11 Å². The number of carbonyl (C=O) groups excluding carboxylic acids is 2. The Kier molecular flexibility index (Phi) is 6.07. The van der Waals surface area contributed by atoms with E-state index in [0.717, 1.165) is 0 Å². The number of amides is 1. The van der Waals surface area contributed by atoms with Crippen LogP contribution in [0.5, 0.6) is 0 Å². The van der Waals surface area contributed by atoms with Crippen molar-refractivity contribution in [3.8, 4) is 0 Å². The minimum absolute atomic E-state index is 0.259. The Morgan fingerprint density at radius 1 is 1.47 bits per heavy atom. The zero-order chi connectivity index (χ0) is 13.5. The fourth-order valence-electron chi connectivity index (χ4n) is 1.01. The van der Waals surface area contributed by atoms with Crippen molar-refractivity contribution in [1.29, 1.82) is 0 Å². The van der Waals surface area contributed by atoms with Gasteiger partial charge in [0.05, 0.1) is 7.11 Å². The van der Waals surface area contributed by atoms with Crippen LogP contribution >= 0.6 is 0 Å². The number of hydrogen-bond donors (Lipinski definition) is 1. The average molecular weight is 241 g/mol. The van der Waals surface area contributed by atoms with Gasteiger partial charge in [0.25, 0.3) is 0 Å². The van der Waals surface area contributed by atoms with Gasteiger partial charge < -0.3 is 14.8 Å². The molecular weight excluding hydrogens is 222 g/mol.